The van der Waals surface area contributed by atoms with Crippen molar-refractivity contribution in [2.24, 2.45) is 0 Å². The van der Waals surface area contributed by atoms with Gasteiger partial charge in [-0.05, 0) is 38.5 Å². The van der Waals surface area contributed by atoms with Crippen molar-refractivity contribution in [2.75, 3.05) is 65.9 Å². The summed E-state index contributed by atoms with van der Waals surface area (Å²) in [6.45, 7) is 5.49. The first-order chi connectivity index (χ1) is 40.8. The second-order valence-electron chi connectivity index (χ2n) is 22.6. The maximum absolute atomic E-state index is 12.9. The third-order valence-corrected chi connectivity index (χ3v) is 16.1. The number of hydrogen-bond acceptors (Lipinski definition) is 18. The van der Waals surface area contributed by atoms with Gasteiger partial charge in [0, 0.05) is 39.1 Å². The first kappa shape index (κ1) is 93.7. The largest absolute Gasteiger partial charge is 1.00 e. The number of nitrogens with one attached hydrogen (secondary N) is 4. The van der Waals surface area contributed by atoms with Crippen molar-refractivity contribution in [3.63, 3.8) is 0 Å². The number of unbranched alkanes of at least 4 members (excludes halogenated alkanes) is 24. The van der Waals surface area contributed by atoms with Crippen molar-refractivity contribution in [1.29, 1.82) is 0 Å². The van der Waals surface area contributed by atoms with Crippen LogP contribution in [0, 0.1) is 0 Å². The molecule has 0 aliphatic heterocycles. The molecule has 0 rings (SSSR count). The first-order valence-electron chi connectivity index (χ1n) is 32.7. The molecule has 0 aromatic heterocycles. The van der Waals surface area contributed by atoms with E-state index in [0.717, 1.165) is 103 Å². The zero-order valence-electron chi connectivity index (χ0n) is 54.9. The fourth-order valence-corrected chi connectivity index (χ4v) is 10.7. The Morgan fingerprint density at radius 1 is 0.386 bits per heavy atom. The number of aliphatic hydroxyl groups is 2. The number of phosphoric acid groups is 2. The molecule has 0 aromatic rings. The van der Waals surface area contributed by atoms with Crippen molar-refractivity contribution in [3.8, 4) is 0 Å². The van der Waals surface area contributed by atoms with Crippen LogP contribution in [0.25, 0.3) is 0 Å². The standard InChI is InChI=1S/C61H118N4O18P2.CH4.2Na/c1-5-9-13-17-19-21-23-27-31-35-56(68)45-60(72)64-52(48-78-41-37-54(66)33-29-25-15-11-7-3)50-82-84(74,75)80-43-39-62-58(70)47-59(71)63-40-44-81-85(76,77)83-51-53(49-79-42-38-55(67)34-30-26-16-12-8-4)65-61(73)46-57(69)36-32-28-24-22-20-18-14-10-6-2;;;/h52-55,66-67H,5-51H2,1-4H3,(H,62,70)(H,63,71)(H,64,72)(H,65,73)(H,74,75)(H,76,77);1H4;;/q;;2*+1/p-2/t52?,53?,54-,55-;;;/m1.../s1. The SMILES string of the molecule is C.CCCCCCCCCCCC(=O)CC(=O)NC(COCC[C@H](O)CCCCCCC)COP(=O)([O-])OCCNC(=O)CC(=O)NCCOP(=O)([O-])OCC(COCC[C@H](O)CCCCCCC)NC(=O)CC(=O)CCCCCCCCCCC.[Na+].[Na+]. The Kier molecular flexibility index (Phi) is 69.2. The molecule has 4 amide bonds. The van der Waals surface area contributed by atoms with Crippen LogP contribution in [0.2, 0.25) is 0 Å². The van der Waals surface area contributed by atoms with Gasteiger partial charge in [-0.1, -0.05) is 202 Å². The summed E-state index contributed by atoms with van der Waals surface area (Å²) in [4.78, 5) is 101. The molecule has 6 N–H and O–H groups in total. The molecule has 22 nitrogen and oxygen atoms in total. The Hall–Kier alpha value is -0.720. The second kappa shape index (κ2) is 65.0. The molecule has 0 spiro atoms. The maximum atomic E-state index is 12.9. The van der Waals surface area contributed by atoms with Gasteiger partial charge in [0.2, 0.25) is 23.6 Å². The van der Waals surface area contributed by atoms with Gasteiger partial charge in [0.15, 0.2) is 0 Å². The Labute approximate surface area is 575 Å². The predicted molar refractivity (Wildman–Crippen MR) is 333 cm³/mol. The van der Waals surface area contributed by atoms with E-state index in [4.69, 9.17) is 27.6 Å². The molecule has 0 saturated carbocycles. The molecule has 0 aliphatic rings. The number of ketones is 2. The summed E-state index contributed by atoms with van der Waals surface area (Å²) < 4.78 is 56.6. The number of rotatable bonds is 64. The second-order valence-corrected chi connectivity index (χ2v) is 25.4. The van der Waals surface area contributed by atoms with Gasteiger partial charge in [-0.25, -0.2) is 0 Å². The fourth-order valence-electron chi connectivity index (χ4n) is 9.17. The molecule has 0 radical (unpaired) electrons. The molecule has 0 fully saturated rings. The van der Waals surface area contributed by atoms with E-state index in [1.807, 2.05) is 0 Å². The Bertz CT molecular complexity index is 1690. The first-order valence-corrected chi connectivity index (χ1v) is 35.6. The summed E-state index contributed by atoms with van der Waals surface area (Å²) >= 11 is 0. The van der Waals surface area contributed by atoms with Gasteiger partial charge >= 0.3 is 59.1 Å². The predicted octanol–water partition coefficient (Wildman–Crippen LogP) is 4.24. The molecule has 0 saturated heterocycles. The number of hydrogen-bond donors (Lipinski definition) is 6. The van der Waals surface area contributed by atoms with E-state index in [-0.39, 0.29) is 130 Å². The number of aliphatic hydroxyl groups excluding tert-OH is 2. The van der Waals surface area contributed by atoms with Gasteiger partial charge < -0.3 is 68.8 Å². The quantitative estimate of drug-likeness (QED) is 0.0215. The van der Waals surface area contributed by atoms with E-state index in [0.29, 0.717) is 38.5 Å². The third-order valence-electron chi connectivity index (χ3n) is 14.2. The smallest absolute Gasteiger partial charge is 0.756 e. The zero-order valence-corrected chi connectivity index (χ0v) is 60.7. The molecule has 0 bridgehead atoms. The monoisotopic (exact) mass is 1320 g/mol. The summed E-state index contributed by atoms with van der Waals surface area (Å²) in [7, 11) is -10.0. The van der Waals surface area contributed by atoms with Crippen LogP contribution in [-0.4, -0.2) is 136 Å². The minimum absolute atomic E-state index is 0. The van der Waals surface area contributed by atoms with Crippen LogP contribution in [0.1, 0.15) is 273 Å². The molecule has 26 heteroatoms. The fraction of sp³-hybridized carbons (Fsp3) is 0.903. The van der Waals surface area contributed by atoms with E-state index >= 15 is 0 Å². The van der Waals surface area contributed by atoms with Crippen LogP contribution in [0.4, 0.5) is 0 Å². The van der Waals surface area contributed by atoms with Gasteiger partial charge in [-0.3, -0.25) is 37.9 Å². The number of amides is 4. The van der Waals surface area contributed by atoms with Gasteiger partial charge in [0.25, 0.3) is 15.6 Å². The van der Waals surface area contributed by atoms with Crippen molar-refractivity contribution >= 4 is 50.8 Å². The van der Waals surface area contributed by atoms with Crippen LogP contribution < -0.4 is 90.2 Å². The summed E-state index contributed by atoms with van der Waals surface area (Å²) in [6, 6.07) is -1.99. The topological polar surface area (TPSA) is 327 Å². The van der Waals surface area contributed by atoms with E-state index in [1.54, 1.807) is 0 Å². The number of ether oxygens (including phenoxy) is 2. The van der Waals surface area contributed by atoms with E-state index in [9.17, 15) is 57.9 Å². The summed E-state index contributed by atoms with van der Waals surface area (Å²) in [5.74, 6) is -3.34. The summed E-state index contributed by atoms with van der Waals surface area (Å²) in [5, 5.41) is 30.7. The Balaban J connectivity index is -0.0000118. The summed E-state index contributed by atoms with van der Waals surface area (Å²) in [5.41, 5.74) is 0. The minimum Gasteiger partial charge on any atom is -0.756 e. The van der Waals surface area contributed by atoms with Crippen LogP contribution in [0.3, 0.4) is 0 Å². The maximum Gasteiger partial charge on any atom is 1.00 e. The zero-order chi connectivity index (χ0) is 63.1. The molecular formula is C62H120N4Na2O18P2. The number of carbonyl (C=O) groups is 6. The van der Waals surface area contributed by atoms with Gasteiger partial charge in [-0.15, -0.1) is 0 Å². The molecule has 6 atom stereocenters. The average molecular weight is 1320 g/mol. The van der Waals surface area contributed by atoms with E-state index in [1.165, 1.54) is 64.2 Å². The van der Waals surface area contributed by atoms with Crippen LogP contribution >= 0.6 is 15.6 Å². The molecule has 0 heterocycles. The molecule has 4 unspecified atom stereocenters. The Morgan fingerprint density at radius 2 is 0.682 bits per heavy atom. The summed E-state index contributed by atoms with van der Waals surface area (Å²) in [6.07, 6.45) is 29.8. The van der Waals surface area contributed by atoms with Crippen molar-refractivity contribution < 1.29 is 145 Å². The van der Waals surface area contributed by atoms with Crippen molar-refractivity contribution in [3.05, 3.63) is 0 Å². The van der Waals surface area contributed by atoms with Gasteiger partial charge in [0.1, 0.15) is 18.0 Å². The van der Waals surface area contributed by atoms with E-state index < -0.39 is 109 Å². The molecular weight excluding hydrogens is 1200 g/mol. The molecule has 0 aromatic carbocycles. The van der Waals surface area contributed by atoms with Gasteiger partial charge in [0.05, 0.1) is 76.8 Å². The number of Topliss-reactive ketones (excluding diaryl/α,β-unsaturated/α-hetero) is 2. The molecule has 508 valence electrons. The number of carbonyl (C=O) groups excluding carboxylic acids is 6. The van der Waals surface area contributed by atoms with E-state index in [2.05, 4.69) is 49.0 Å². The van der Waals surface area contributed by atoms with Crippen molar-refractivity contribution in [2.45, 2.75) is 297 Å². The normalized spacial score (nSPS) is 13.9. The van der Waals surface area contributed by atoms with Crippen molar-refractivity contribution in [1.82, 2.24) is 21.3 Å². The average Bonchev–Trinajstić information content (AvgIpc) is 3.55. The minimum atomic E-state index is -5.01. The Morgan fingerprint density at radius 3 is 1.00 bits per heavy atom. The third kappa shape index (κ3) is 64.0. The van der Waals surface area contributed by atoms with Gasteiger partial charge in [-0.2, -0.15) is 0 Å². The van der Waals surface area contributed by atoms with Crippen LogP contribution in [0.15, 0.2) is 0 Å². The number of phosphoric ester groups is 2. The molecule has 0 aliphatic carbocycles. The molecule has 88 heavy (non-hydrogen) atoms. The van der Waals surface area contributed by atoms with Crippen LogP contribution in [0.5, 0.6) is 0 Å². The van der Waals surface area contributed by atoms with Crippen LogP contribution in [-0.2, 0) is 65.5 Å².